The van der Waals surface area contributed by atoms with Crippen molar-refractivity contribution in [3.05, 3.63) is 36.5 Å². The van der Waals surface area contributed by atoms with Gasteiger partial charge in [-0.1, -0.05) is 294 Å². The number of aliphatic hydroxyl groups is 2. The van der Waals surface area contributed by atoms with Gasteiger partial charge in [0.2, 0.25) is 5.91 Å². The van der Waals surface area contributed by atoms with E-state index < -0.39 is 12.1 Å². The van der Waals surface area contributed by atoms with Gasteiger partial charge < -0.3 is 20.3 Å². The van der Waals surface area contributed by atoms with Gasteiger partial charge >= 0.3 is 5.97 Å². The van der Waals surface area contributed by atoms with E-state index in [-0.39, 0.29) is 18.5 Å². The van der Waals surface area contributed by atoms with Gasteiger partial charge in [-0.15, -0.1) is 0 Å². The van der Waals surface area contributed by atoms with Crippen LogP contribution in [0.2, 0.25) is 0 Å². The molecule has 0 aromatic rings. The largest absolute Gasteiger partial charge is 0.466 e. The van der Waals surface area contributed by atoms with E-state index in [1.54, 1.807) is 0 Å². The lowest BCUT2D eigenvalue weighted by Gasteiger charge is -2.22. The maximum Gasteiger partial charge on any atom is 0.305 e. The van der Waals surface area contributed by atoms with Crippen molar-refractivity contribution < 1.29 is 24.5 Å². The van der Waals surface area contributed by atoms with Crippen LogP contribution in [-0.4, -0.2) is 47.4 Å². The van der Waals surface area contributed by atoms with E-state index in [9.17, 15) is 19.8 Å². The molecule has 6 nitrogen and oxygen atoms in total. The standard InChI is InChI=1S/C67H127NO5/c1-3-5-7-9-11-13-15-17-19-21-23-24-25-26-27-28-29-30-32-35-39-43-47-51-55-59-65(70)64(63-69)68-66(71)60-56-52-48-44-40-36-34-38-42-46-50-54-58-62-73-67(72)61-57-53-49-45-41-37-33-31-22-20-18-16-14-12-10-8-6-4-2/h14,16,20,22,36,40,64-65,69-70H,3-13,15,17-19,21,23-35,37-39,41-63H2,1-2H3,(H,68,71)/b16-14-,22-20-,40-36-. The number of hydrogen-bond donors (Lipinski definition) is 3. The summed E-state index contributed by atoms with van der Waals surface area (Å²) in [6.45, 7) is 4.92. The van der Waals surface area contributed by atoms with Gasteiger partial charge in [0.25, 0.3) is 0 Å². The number of allylic oxidation sites excluding steroid dienone is 6. The van der Waals surface area contributed by atoms with Crippen molar-refractivity contribution >= 4 is 11.9 Å². The Hall–Kier alpha value is -1.92. The van der Waals surface area contributed by atoms with Crippen LogP contribution in [0.1, 0.15) is 354 Å². The minimum absolute atomic E-state index is 0.0190. The number of aliphatic hydroxyl groups excluding tert-OH is 2. The second-order valence-corrected chi connectivity index (χ2v) is 22.4. The molecule has 0 bridgehead atoms. The van der Waals surface area contributed by atoms with Gasteiger partial charge in [-0.2, -0.15) is 0 Å². The van der Waals surface area contributed by atoms with Gasteiger partial charge in [0.15, 0.2) is 0 Å². The summed E-state index contributed by atoms with van der Waals surface area (Å²) in [4.78, 5) is 24.6. The fraction of sp³-hybridized carbons (Fsp3) is 0.881. The van der Waals surface area contributed by atoms with Crippen LogP contribution in [0, 0.1) is 0 Å². The minimum Gasteiger partial charge on any atom is -0.466 e. The van der Waals surface area contributed by atoms with Gasteiger partial charge in [0.05, 0.1) is 25.4 Å². The molecule has 0 spiro atoms. The Morgan fingerprint density at radius 3 is 1.08 bits per heavy atom. The number of carbonyl (C=O) groups excluding carboxylic acids is 2. The van der Waals surface area contributed by atoms with Crippen LogP contribution in [0.3, 0.4) is 0 Å². The molecule has 3 N–H and O–H groups in total. The molecule has 0 heterocycles. The third-order valence-electron chi connectivity index (χ3n) is 15.2. The molecule has 0 fully saturated rings. The summed E-state index contributed by atoms with van der Waals surface area (Å²) in [6.07, 6.45) is 78.7. The van der Waals surface area contributed by atoms with E-state index >= 15 is 0 Å². The lowest BCUT2D eigenvalue weighted by Crippen LogP contribution is -2.45. The Labute approximate surface area is 455 Å². The number of esters is 1. The maximum absolute atomic E-state index is 12.5. The molecule has 0 aliphatic heterocycles. The van der Waals surface area contributed by atoms with Gasteiger partial charge in [-0.25, -0.2) is 0 Å². The fourth-order valence-corrected chi connectivity index (χ4v) is 10.1. The predicted octanol–water partition coefficient (Wildman–Crippen LogP) is 20.8. The molecule has 6 heteroatoms. The Morgan fingerprint density at radius 1 is 0.384 bits per heavy atom. The van der Waals surface area contributed by atoms with Crippen LogP contribution < -0.4 is 5.32 Å². The van der Waals surface area contributed by atoms with Crippen LogP contribution in [0.25, 0.3) is 0 Å². The van der Waals surface area contributed by atoms with Crippen molar-refractivity contribution in [3.8, 4) is 0 Å². The molecule has 2 atom stereocenters. The zero-order chi connectivity index (χ0) is 52.9. The van der Waals surface area contributed by atoms with E-state index in [0.29, 0.717) is 25.9 Å². The summed E-state index contributed by atoms with van der Waals surface area (Å²) < 4.78 is 5.48. The lowest BCUT2D eigenvalue weighted by atomic mass is 10.0. The highest BCUT2D eigenvalue weighted by Gasteiger charge is 2.20. The van der Waals surface area contributed by atoms with Gasteiger partial charge in [0.1, 0.15) is 0 Å². The maximum atomic E-state index is 12.5. The molecule has 0 aliphatic carbocycles. The monoisotopic (exact) mass is 1030 g/mol. The quantitative estimate of drug-likeness (QED) is 0.0320. The first-order chi connectivity index (χ1) is 36.0. The Bertz CT molecular complexity index is 1180. The second kappa shape index (κ2) is 62.6. The van der Waals surface area contributed by atoms with E-state index in [0.717, 1.165) is 77.0 Å². The molecule has 2 unspecified atom stereocenters. The van der Waals surface area contributed by atoms with Crippen LogP contribution >= 0.6 is 0 Å². The first-order valence-electron chi connectivity index (χ1n) is 32.7. The Morgan fingerprint density at radius 2 is 0.685 bits per heavy atom. The SMILES string of the molecule is CCCCCC/C=C\C/C=C\CCCCCCCCCC(=O)OCCCCCCCC/C=C\CCCCCC(=O)NC(CO)C(O)CCCCCCCCCCCCCCCCCCCCCCCCCCC. The molecule has 0 rings (SSSR count). The van der Waals surface area contributed by atoms with Crippen molar-refractivity contribution in [2.75, 3.05) is 13.2 Å². The van der Waals surface area contributed by atoms with Crippen molar-refractivity contribution in [3.63, 3.8) is 0 Å². The molecule has 0 aromatic heterocycles. The number of amides is 1. The summed E-state index contributed by atoms with van der Waals surface area (Å²) in [5.74, 6) is -0.0810. The molecule has 1 amide bonds. The molecule has 73 heavy (non-hydrogen) atoms. The third kappa shape index (κ3) is 59.2. The summed E-state index contributed by atoms with van der Waals surface area (Å²) in [6, 6.07) is -0.564. The zero-order valence-corrected chi connectivity index (χ0v) is 49.1. The van der Waals surface area contributed by atoms with Gasteiger partial charge in [-0.05, 0) is 83.5 Å². The summed E-state index contributed by atoms with van der Waals surface area (Å²) in [7, 11) is 0. The molecule has 0 saturated carbocycles. The summed E-state index contributed by atoms with van der Waals surface area (Å²) in [5, 5.41) is 23.4. The number of nitrogens with one attached hydrogen (secondary N) is 1. The van der Waals surface area contributed by atoms with Crippen LogP contribution in [0.5, 0.6) is 0 Å². The molecule has 0 aliphatic rings. The zero-order valence-electron chi connectivity index (χ0n) is 49.1. The van der Waals surface area contributed by atoms with Gasteiger partial charge in [-0.3, -0.25) is 9.59 Å². The first kappa shape index (κ1) is 71.1. The van der Waals surface area contributed by atoms with Gasteiger partial charge in [0, 0.05) is 12.8 Å². The molecule has 0 radical (unpaired) electrons. The number of carbonyl (C=O) groups is 2. The fourth-order valence-electron chi connectivity index (χ4n) is 10.1. The van der Waals surface area contributed by atoms with Crippen molar-refractivity contribution in [1.29, 1.82) is 0 Å². The average Bonchev–Trinajstić information content (AvgIpc) is 3.39. The van der Waals surface area contributed by atoms with E-state index in [1.165, 1.54) is 244 Å². The highest BCUT2D eigenvalue weighted by molar-refractivity contribution is 5.76. The molecule has 430 valence electrons. The Balaban J connectivity index is 3.47. The first-order valence-corrected chi connectivity index (χ1v) is 32.7. The van der Waals surface area contributed by atoms with Crippen molar-refractivity contribution in [2.45, 2.75) is 366 Å². The number of ether oxygens (including phenoxy) is 1. The third-order valence-corrected chi connectivity index (χ3v) is 15.2. The topological polar surface area (TPSA) is 95.9 Å². The summed E-state index contributed by atoms with van der Waals surface area (Å²) in [5.41, 5.74) is 0. The minimum atomic E-state index is -0.684. The van der Waals surface area contributed by atoms with Crippen LogP contribution in [0.4, 0.5) is 0 Å². The molecule has 0 saturated heterocycles. The summed E-state index contributed by atoms with van der Waals surface area (Å²) >= 11 is 0. The van der Waals surface area contributed by atoms with E-state index in [4.69, 9.17) is 4.74 Å². The van der Waals surface area contributed by atoms with Crippen LogP contribution in [0.15, 0.2) is 36.5 Å². The smallest absolute Gasteiger partial charge is 0.305 e. The average molecular weight is 1030 g/mol. The Kier molecular flexibility index (Phi) is 61.0. The normalized spacial score (nSPS) is 12.8. The molecule has 0 aromatic carbocycles. The van der Waals surface area contributed by atoms with E-state index in [2.05, 4.69) is 55.6 Å². The molecular weight excluding hydrogens is 899 g/mol. The predicted molar refractivity (Wildman–Crippen MR) is 319 cm³/mol. The molecular formula is C67H127NO5. The highest BCUT2D eigenvalue weighted by atomic mass is 16.5. The van der Waals surface area contributed by atoms with Crippen molar-refractivity contribution in [1.82, 2.24) is 5.32 Å². The van der Waals surface area contributed by atoms with Crippen molar-refractivity contribution in [2.24, 2.45) is 0 Å². The number of unbranched alkanes of at least 4 members (excludes halogenated alkanes) is 44. The number of hydrogen-bond acceptors (Lipinski definition) is 5. The highest BCUT2D eigenvalue weighted by Crippen LogP contribution is 2.18. The number of rotatable bonds is 61. The second-order valence-electron chi connectivity index (χ2n) is 22.4. The van der Waals surface area contributed by atoms with Crippen LogP contribution in [-0.2, 0) is 14.3 Å². The lowest BCUT2D eigenvalue weighted by molar-refractivity contribution is -0.143. The van der Waals surface area contributed by atoms with E-state index in [1.807, 2.05) is 0 Å².